The first-order valence-electron chi connectivity index (χ1n) is 11.2. The zero-order valence-corrected chi connectivity index (χ0v) is 18.2. The van der Waals surface area contributed by atoms with Crippen molar-refractivity contribution in [3.8, 4) is 0 Å². The monoisotopic (exact) mass is 440 g/mol. The summed E-state index contributed by atoms with van der Waals surface area (Å²) < 4.78 is 0. The number of carboxylic acid groups (broad SMARTS) is 1. The predicted octanol–water partition coefficient (Wildman–Crippen LogP) is 3.68. The SMILES string of the molecule is O=C(O)C1CNC1Cc1cccc(N2CC(c3nc(C4CCCCC4)cs3)NC2=O)c1. The Morgan fingerprint density at radius 3 is 2.84 bits per heavy atom. The summed E-state index contributed by atoms with van der Waals surface area (Å²) in [6.07, 6.45) is 6.97. The second-order valence-electron chi connectivity index (χ2n) is 8.89. The maximum absolute atomic E-state index is 12.7. The van der Waals surface area contributed by atoms with Crippen molar-refractivity contribution in [1.82, 2.24) is 15.6 Å². The molecule has 2 saturated heterocycles. The summed E-state index contributed by atoms with van der Waals surface area (Å²) in [5.74, 6) is -0.525. The lowest BCUT2D eigenvalue weighted by Gasteiger charge is -2.35. The van der Waals surface area contributed by atoms with Crippen LogP contribution in [0.4, 0.5) is 10.5 Å². The maximum Gasteiger partial charge on any atom is 0.322 e. The number of aliphatic carboxylic acids is 1. The van der Waals surface area contributed by atoms with Gasteiger partial charge in [0.15, 0.2) is 0 Å². The Morgan fingerprint density at radius 1 is 1.26 bits per heavy atom. The molecule has 0 spiro atoms. The molecule has 3 fully saturated rings. The summed E-state index contributed by atoms with van der Waals surface area (Å²) in [6, 6.07) is 7.60. The molecule has 2 amide bonds. The van der Waals surface area contributed by atoms with Crippen LogP contribution in [-0.4, -0.2) is 41.2 Å². The van der Waals surface area contributed by atoms with E-state index in [2.05, 4.69) is 16.0 Å². The number of anilines is 1. The largest absolute Gasteiger partial charge is 0.481 e. The number of hydrogen-bond acceptors (Lipinski definition) is 5. The van der Waals surface area contributed by atoms with E-state index in [-0.39, 0.29) is 24.0 Å². The van der Waals surface area contributed by atoms with Gasteiger partial charge >= 0.3 is 12.0 Å². The van der Waals surface area contributed by atoms with Crippen molar-refractivity contribution < 1.29 is 14.7 Å². The van der Waals surface area contributed by atoms with Crippen LogP contribution in [0.5, 0.6) is 0 Å². The Balaban J connectivity index is 1.26. The van der Waals surface area contributed by atoms with Gasteiger partial charge in [-0.25, -0.2) is 9.78 Å². The van der Waals surface area contributed by atoms with Crippen LogP contribution >= 0.6 is 11.3 Å². The Bertz CT molecular complexity index is 971. The number of benzene rings is 1. The Kier molecular flexibility index (Phi) is 5.67. The van der Waals surface area contributed by atoms with E-state index in [4.69, 9.17) is 4.98 Å². The fourth-order valence-corrected chi connectivity index (χ4v) is 5.87. The quantitative estimate of drug-likeness (QED) is 0.637. The molecule has 0 radical (unpaired) electrons. The summed E-state index contributed by atoms with van der Waals surface area (Å²) in [7, 11) is 0. The Labute approximate surface area is 185 Å². The first-order chi connectivity index (χ1) is 15.1. The van der Waals surface area contributed by atoms with Crippen molar-refractivity contribution in [2.24, 2.45) is 5.92 Å². The molecule has 1 aromatic heterocycles. The van der Waals surface area contributed by atoms with Crippen LogP contribution in [0.15, 0.2) is 29.6 Å². The van der Waals surface area contributed by atoms with Crippen LogP contribution in [0.2, 0.25) is 0 Å². The van der Waals surface area contributed by atoms with Crippen molar-refractivity contribution in [3.63, 3.8) is 0 Å². The van der Waals surface area contributed by atoms with E-state index in [0.717, 1.165) is 16.3 Å². The molecule has 7 nitrogen and oxygen atoms in total. The van der Waals surface area contributed by atoms with Gasteiger partial charge in [0, 0.05) is 29.6 Å². The first-order valence-corrected chi connectivity index (χ1v) is 12.0. The number of carboxylic acids is 1. The summed E-state index contributed by atoms with van der Waals surface area (Å²) in [5, 5.41) is 18.7. The average Bonchev–Trinajstić information content (AvgIpc) is 3.39. The van der Waals surface area contributed by atoms with Crippen LogP contribution in [0.1, 0.15) is 60.3 Å². The van der Waals surface area contributed by atoms with Crippen LogP contribution in [0, 0.1) is 5.92 Å². The smallest absolute Gasteiger partial charge is 0.322 e. The van der Waals surface area contributed by atoms with E-state index in [1.165, 1.54) is 37.8 Å². The highest BCUT2D eigenvalue weighted by atomic mass is 32.1. The second-order valence-corrected chi connectivity index (χ2v) is 9.78. The van der Waals surface area contributed by atoms with E-state index < -0.39 is 5.97 Å². The van der Waals surface area contributed by atoms with Gasteiger partial charge in [0.1, 0.15) is 11.0 Å². The van der Waals surface area contributed by atoms with Crippen molar-refractivity contribution >= 4 is 29.0 Å². The molecule has 1 saturated carbocycles. The zero-order chi connectivity index (χ0) is 21.4. The number of amides is 2. The molecular formula is C23H28N4O3S. The van der Waals surface area contributed by atoms with Crippen LogP contribution < -0.4 is 15.5 Å². The molecule has 3 atom stereocenters. The van der Waals surface area contributed by atoms with Gasteiger partial charge in [-0.15, -0.1) is 11.3 Å². The van der Waals surface area contributed by atoms with Gasteiger partial charge in [-0.3, -0.25) is 9.69 Å². The minimum atomic E-state index is -0.752. The third-order valence-electron chi connectivity index (χ3n) is 6.85. The number of carbonyl (C=O) groups is 2. The number of aromatic nitrogens is 1. The lowest BCUT2D eigenvalue weighted by Crippen LogP contribution is -2.57. The Morgan fingerprint density at radius 2 is 2.10 bits per heavy atom. The summed E-state index contributed by atoms with van der Waals surface area (Å²) >= 11 is 1.65. The van der Waals surface area contributed by atoms with Gasteiger partial charge in [-0.05, 0) is 37.0 Å². The van der Waals surface area contributed by atoms with Crippen molar-refractivity contribution in [3.05, 3.63) is 45.9 Å². The molecule has 1 aromatic carbocycles. The molecule has 8 heteroatoms. The normalized spacial score (nSPS) is 26.5. The highest BCUT2D eigenvalue weighted by Gasteiger charge is 2.36. The molecule has 31 heavy (non-hydrogen) atoms. The highest BCUT2D eigenvalue weighted by molar-refractivity contribution is 7.09. The van der Waals surface area contributed by atoms with Crippen LogP contribution in [0.3, 0.4) is 0 Å². The van der Waals surface area contributed by atoms with Gasteiger partial charge in [-0.2, -0.15) is 0 Å². The molecule has 164 valence electrons. The molecule has 2 aromatic rings. The number of carbonyl (C=O) groups excluding carboxylic acids is 1. The molecule has 5 rings (SSSR count). The molecule has 3 aliphatic rings. The highest BCUT2D eigenvalue weighted by Crippen LogP contribution is 2.35. The van der Waals surface area contributed by atoms with Crippen molar-refractivity contribution in [2.45, 2.75) is 56.5 Å². The second kappa shape index (κ2) is 8.59. The van der Waals surface area contributed by atoms with Crippen LogP contribution in [-0.2, 0) is 11.2 Å². The van der Waals surface area contributed by atoms with Crippen molar-refractivity contribution in [2.75, 3.05) is 18.0 Å². The van der Waals surface area contributed by atoms with E-state index >= 15 is 0 Å². The summed E-state index contributed by atoms with van der Waals surface area (Å²) in [4.78, 5) is 30.6. The molecule has 3 heterocycles. The van der Waals surface area contributed by atoms with Gasteiger partial charge in [0.2, 0.25) is 0 Å². The lowest BCUT2D eigenvalue weighted by atomic mass is 9.87. The summed E-state index contributed by atoms with van der Waals surface area (Å²) in [5.41, 5.74) is 3.06. The van der Waals surface area contributed by atoms with E-state index in [1.54, 1.807) is 16.2 Å². The van der Waals surface area contributed by atoms with E-state index in [9.17, 15) is 14.7 Å². The fraction of sp³-hybridized carbons (Fsp3) is 0.522. The van der Waals surface area contributed by atoms with Gasteiger partial charge in [0.25, 0.3) is 0 Å². The molecule has 1 aliphatic carbocycles. The first kappa shape index (κ1) is 20.5. The average molecular weight is 441 g/mol. The zero-order valence-electron chi connectivity index (χ0n) is 17.4. The van der Waals surface area contributed by atoms with Gasteiger partial charge < -0.3 is 15.7 Å². The minimum absolute atomic E-state index is 0.0542. The number of urea groups is 1. The molecule has 2 aliphatic heterocycles. The van der Waals surface area contributed by atoms with E-state index in [0.29, 0.717) is 25.4 Å². The van der Waals surface area contributed by atoms with Gasteiger partial charge in [-0.1, -0.05) is 31.4 Å². The number of thiazole rings is 1. The number of nitrogens with one attached hydrogen (secondary N) is 2. The topological polar surface area (TPSA) is 94.6 Å². The third kappa shape index (κ3) is 4.19. The van der Waals surface area contributed by atoms with Crippen molar-refractivity contribution in [1.29, 1.82) is 0 Å². The number of nitrogens with zero attached hydrogens (tertiary/aromatic N) is 2. The minimum Gasteiger partial charge on any atom is -0.481 e. The third-order valence-corrected chi connectivity index (χ3v) is 7.83. The Hall–Kier alpha value is -2.45. The molecule has 3 N–H and O–H groups in total. The standard InChI is InChI=1S/C23H28N4O3S/c28-22(29)17-11-24-18(17)10-14-5-4-8-16(9-14)27-12-19(26-23(27)30)21-25-20(13-31-21)15-6-2-1-3-7-15/h4-5,8-9,13,15,17-19,24H,1-3,6-7,10-12H2,(H,26,30)(H,28,29). The fourth-order valence-electron chi connectivity index (χ4n) is 4.93. The number of hydrogen-bond donors (Lipinski definition) is 3. The maximum atomic E-state index is 12.7. The van der Waals surface area contributed by atoms with Gasteiger partial charge in [0.05, 0.1) is 18.2 Å². The molecule has 3 unspecified atom stereocenters. The lowest BCUT2D eigenvalue weighted by molar-refractivity contribution is -0.145. The summed E-state index contributed by atoms with van der Waals surface area (Å²) in [6.45, 7) is 1.08. The molecular weight excluding hydrogens is 412 g/mol. The number of rotatable bonds is 6. The molecule has 0 bridgehead atoms. The predicted molar refractivity (Wildman–Crippen MR) is 120 cm³/mol. The van der Waals surface area contributed by atoms with E-state index in [1.807, 2.05) is 24.3 Å². The van der Waals surface area contributed by atoms with Crippen LogP contribution in [0.25, 0.3) is 0 Å².